The largest absolute Gasteiger partial charge is 0.323 e. The zero-order valence-electron chi connectivity index (χ0n) is 20.5. The molecule has 7 rings (SSSR count). The summed E-state index contributed by atoms with van der Waals surface area (Å²) in [5, 5.41) is 7.55. The van der Waals surface area contributed by atoms with E-state index in [4.69, 9.17) is 4.98 Å². The molecule has 2 amide bonds. The fraction of sp³-hybridized carbons (Fsp3) is 0.654. The Kier molecular flexibility index (Phi) is 4.74. The fourth-order valence-electron chi connectivity index (χ4n) is 7.24. The molecule has 0 bridgehead atoms. The third-order valence-corrected chi connectivity index (χ3v) is 10.4. The zero-order chi connectivity index (χ0) is 24.9. The molecule has 0 unspecified atom stereocenters. The molecule has 3 heterocycles. The smallest absolute Gasteiger partial charge is 0.320 e. The lowest BCUT2D eigenvalue weighted by atomic mass is 9.56. The summed E-state index contributed by atoms with van der Waals surface area (Å²) in [5.74, 6) is 2.98. The van der Waals surface area contributed by atoms with Gasteiger partial charge >= 0.3 is 6.03 Å². The van der Waals surface area contributed by atoms with Crippen LogP contribution in [0, 0.1) is 22.6 Å². The van der Waals surface area contributed by atoms with Crippen LogP contribution in [0.2, 0.25) is 0 Å². The van der Waals surface area contributed by atoms with Gasteiger partial charge in [-0.3, -0.25) is 5.10 Å². The minimum absolute atomic E-state index is 0.0210. The third-order valence-electron chi connectivity index (χ3n) is 9.26. The highest BCUT2D eigenvalue weighted by Crippen LogP contribution is 2.57. The molecule has 192 valence electrons. The molecule has 3 saturated carbocycles. The number of hydrogen-bond acceptors (Lipinski definition) is 5. The van der Waals surface area contributed by atoms with Crippen molar-refractivity contribution in [3.05, 3.63) is 41.2 Å². The summed E-state index contributed by atoms with van der Waals surface area (Å²) in [6.45, 7) is 3.28. The number of hydrogen-bond donors (Lipinski definition) is 1. The van der Waals surface area contributed by atoms with Crippen LogP contribution >= 0.6 is 0 Å². The van der Waals surface area contributed by atoms with Crippen LogP contribution in [-0.2, 0) is 16.3 Å². The van der Waals surface area contributed by atoms with E-state index in [1.807, 2.05) is 9.80 Å². The van der Waals surface area contributed by atoms with Crippen molar-refractivity contribution >= 4 is 15.9 Å². The molecule has 3 aliphatic carbocycles. The predicted molar refractivity (Wildman–Crippen MR) is 130 cm³/mol. The van der Waals surface area contributed by atoms with Crippen molar-refractivity contribution in [3.63, 3.8) is 0 Å². The van der Waals surface area contributed by atoms with Gasteiger partial charge in [0.25, 0.3) is 0 Å². The molecule has 2 aromatic rings. The number of H-pyrrole nitrogens is 1. The van der Waals surface area contributed by atoms with Crippen molar-refractivity contribution in [2.45, 2.75) is 61.7 Å². The lowest BCUT2D eigenvalue weighted by molar-refractivity contribution is -0.100. The predicted octanol–water partition coefficient (Wildman–Crippen LogP) is 3.48. The van der Waals surface area contributed by atoms with Gasteiger partial charge in [-0.05, 0) is 68.6 Å². The van der Waals surface area contributed by atoms with E-state index >= 15 is 0 Å². The molecule has 0 radical (unpaired) electrons. The van der Waals surface area contributed by atoms with E-state index in [1.54, 1.807) is 6.07 Å². The first-order valence-corrected chi connectivity index (χ1v) is 14.9. The number of nitrogens with zero attached hydrogens (tertiary/aromatic N) is 4. The van der Waals surface area contributed by atoms with Gasteiger partial charge in [0.05, 0.1) is 4.90 Å². The van der Waals surface area contributed by atoms with E-state index in [-0.39, 0.29) is 21.8 Å². The second-order valence-electron chi connectivity index (χ2n) is 12.5. The molecule has 10 heteroatoms. The average Bonchev–Trinajstić information content (AvgIpc) is 3.44. The van der Waals surface area contributed by atoms with Crippen LogP contribution in [0.3, 0.4) is 0 Å². The number of likely N-dealkylation sites (tertiary alicyclic amines) is 2. The highest BCUT2D eigenvalue weighted by atomic mass is 32.2. The van der Waals surface area contributed by atoms with Gasteiger partial charge in [0, 0.05) is 55.1 Å². The first-order chi connectivity index (χ1) is 17.1. The number of benzene rings is 1. The SMILES string of the molecule is CS(=O)(=O)c1ccc(CC2CC3(C2)CN(C(=O)N2CC4(CC(c5n[nH]c(C6CC6)n5)C4)C2)C3)c(F)c1. The van der Waals surface area contributed by atoms with Crippen molar-refractivity contribution in [1.82, 2.24) is 25.0 Å². The number of halogens is 1. The van der Waals surface area contributed by atoms with Gasteiger partial charge < -0.3 is 9.80 Å². The molecular formula is C26H32FN5O3S. The number of urea groups is 1. The second-order valence-corrected chi connectivity index (χ2v) is 14.5. The first-order valence-electron chi connectivity index (χ1n) is 13.1. The van der Waals surface area contributed by atoms with Gasteiger partial charge in [-0.25, -0.2) is 22.6 Å². The van der Waals surface area contributed by atoms with Gasteiger partial charge in [0.2, 0.25) is 0 Å². The highest BCUT2D eigenvalue weighted by molar-refractivity contribution is 7.90. The van der Waals surface area contributed by atoms with E-state index in [0.29, 0.717) is 29.7 Å². The molecular weight excluding hydrogens is 481 g/mol. The number of carbonyl (C=O) groups excluding carboxylic acids is 1. The Morgan fingerprint density at radius 1 is 1.06 bits per heavy atom. The van der Waals surface area contributed by atoms with Gasteiger partial charge in [0.1, 0.15) is 11.6 Å². The molecule has 1 aromatic heterocycles. The van der Waals surface area contributed by atoms with Crippen molar-refractivity contribution in [1.29, 1.82) is 0 Å². The number of aromatic amines is 1. The Bertz CT molecular complexity index is 1330. The summed E-state index contributed by atoms with van der Waals surface area (Å²) in [5.41, 5.74) is 1.04. The third kappa shape index (κ3) is 3.74. The Hall–Kier alpha value is -2.49. The molecule has 36 heavy (non-hydrogen) atoms. The molecule has 8 nitrogen and oxygen atoms in total. The lowest BCUT2D eigenvalue weighted by Crippen LogP contribution is -2.71. The maximum atomic E-state index is 14.4. The van der Waals surface area contributed by atoms with E-state index in [9.17, 15) is 17.6 Å². The molecule has 1 N–H and O–H groups in total. The maximum absolute atomic E-state index is 14.4. The van der Waals surface area contributed by atoms with Crippen LogP contribution in [0.4, 0.5) is 9.18 Å². The molecule has 5 fully saturated rings. The second kappa shape index (κ2) is 7.52. The Balaban J connectivity index is 0.855. The normalized spacial score (nSPS) is 24.8. The average molecular weight is 514 g/mol. The minimum atomic E-state index is -3.40. The number of aromatic nitrogens is 3. The van der Waals surface area contributed by atoms with Crippen molar-refractivity contribution in [2.75, 3.05) is 32.4 Å². The van der Waals surface area contributed by atoms with E-state index in [0.717, 1.165) is 75.8 Å². The van der Waals surface area contributed by atoms with Crippen molar-refractivity contribution < 1.29 is 17.6 Å². The van der Waals surface area contributed by atoms with Crippen LogP contribution in [0.1, 0.15) is 67.6 Å². The number of carbonyl (C=O) groups is 1. The standard InChI is InChI=1S/C26H32FN5O3S/c1-36(34,35)20-5-4-18(21(27)7-20)6-16-8-25(9-16)12-31(13-25)24(33)32-14-26(15-32)10-19(11-26)23-28-22(29-30-23)17-2-3-17/h4-5,7,16-17,19H,2-3,6,8-15H2,1H3,(H,28,29,30). The van der Waals surface area contributed by atoms with Gasteiger partial charge in [-0.1, -0.05) is 6.07 Å². The topological polar surface area (TPSA) is 99.3 Å². The van der Waals surface area contributed by atoms with E-state index in [2.05, 4.69) is 10.2 Å². The number of amides is 2. The Labute approximate surface area is 210 Å². The zero-order valence-corrected chi connectivity index (χ0v) is 21.4. The number of sulfone groups is 1. The Morgan fingerprint density at radius 3 is 2.28 bits per heavy atom. The summed E-state index contributed by atoms with van der Waals surface area (Å²) in [6.07, 6.45) is 8.29. The van der Waals surface area contributed by atoms with Crippen molar-refractivity contribution in [3.8, 4) is 0 Å². The molecule has 2 spiro atoms. The van der Waals surface area contributed by atoms with Gasteiger partial charge in [-0.15, -0.1) is 0 Å². The van der Waals surface area contributed by atoms with Gasteiger partial charge in [0.15, 0.2) is 15.7 Å². The van der Waals surface area contributed by atoms with Crippen molar-refractivity contribution in [2.24, 2.45) is 16.7 Å². The van der Waals surface area contributed by atoms with E-state index < -0.39 is 15.7 Å². The van der Waals surface area contributed by atoms with Crippen LogP contribution in [-0.4, -0.2) is 71.9 Å². The van der Waals surface area contributed by atoms with E-state index in [1.165, 1.54) is 18.9 Å². The summed E-state index contributed by atoms with van der Waals surface area (Å²) < 4.78 is 37.7. The summed E-state index contributed by atoms with van der Waals surface area (Å²) in [7, 11) is -3.40. The first kappa shape index (κ1) is 22.7. The molecule has 5 aliphatic rings. The number of rotatable bonds is 5. The van der Waals surface area contributed by atoms with Crippen LogP contribution in [0.5, 0.6) is 0 Å². The monoisotopic (exact) mass is 513 g/mol. The van der Waals surface area contributed by atoms with Crippen LogP contribution in [0.15, 0.2) is 23.1 Å². The molecule has 2 saturated heterocycles. The number of nitrogens with one attached hydrogen (secondary N) is 1. The Morgan fingerprint density at radius 2 is 1.69 bits per heavy atom. The summed E-state index contributed by atoms with van der Waals surface area (Å²) in [4.78, 5) is 21.6. The summed E-state index contributed by atoms with van der Waals surface area (Å²) in [6, 6.07) is 4.39. The van der Waals surface area contributed by atoms with Crippen LogP contribution in [0.25, 0.3) is 0 Å². The maximum Gasteiger partial charge on any atom is 0.320 e. The van der Waals surface area contributed by atoms with Crippen LogP contribution < -0.4 is 0 Å². The fourth-order valence-corrected chi connectivity index (χ4v) is 7.87. The molecule has 1 aromatic carbocycles. The molecule has 2 aliphatic heterocycles. The minimum Gasteiger partial charge on any atom is -0.323 e. The van der Waals surface area contributed by atoms with Gasteiger partial charge in [-0.2, -0.15) is 5.10 Å². The lowest BCUT2D eigenvalue weighted by Gasteiger charge is -2.63. The molecule has 0 atom stereocenters. The quantitative estimate of drug-likeness (QED) is 0.660. The highest BCUT2D eigenvalue weighted by Gasteiger charge is 2.58. The summed E-state index contributed by atoms with van der Waals surface area (Å²) >= 11 is 0.